The molecule has 0 unspecified atom stereocenters. The van der Waals surface area contributed by atoms with E-state index in [9.17, 15) is 4.79 Å². The van der Waals surface area contributed by atoms with E-state index < -0.39 is 0 Å². The molecule has 4 rings (SSSR count). The number of fused-ring (bicyclic) bond motifs is 1. The number of hydrogen-bond donors (Lipinski definition) is 1. The van der Waals surface area contributed by atoms with Gasteiger partial charge in [0.15, 0.2) is 0 Å². The van der Waals surface area contributed by atoms with Gasteiger partial charge < -0.3 is 5.32 Å². The predicted molar refractivity (Wildman–Crippen MR) is 103 cm³/mol. The van der Waals surface area contributed by atoms with Crippen LogP contribution < -0.4 is 5.32 Å². The summed E-state index contributed by atoms with van der Waals surface area (Å²) in [5.41, 5.74) is 2.83. The Hall–Kier alpha value is -3.48. The molecule has 3 heterocycles. The van der Waals surface area contributed by atoms with Crippen LogP contribution in [-0.2, 0) is 13.6 Å². The summed E-state index contributed by atoms with van der Waals surface area (Å²) in [6.45, 7) is 1.35. The van der Waals surface area contributed by atoms with Gasteiger partial charge in [-0.25, -0.2) is 4.98 Å². The van der Waals surface area contributed by atoms with E-state index in [0.29, 0.717) is 17.8 Å². The number of benzene rings is 1. The number of pyridine rings is 1. The Bertz CT molecular complexity index is 1070. The zero-order valence-electron chi connectivity index (χ0n) is 15.0. The molecule has 7 heteroatoms. The molecule has 0 bridgehead atoms. The molecule has 0 atom stereocenters. The second-order valence-corrected chi connectivity index (χ2v) is 6.33. The van der Waals surface area contributed by atoms with E-state index in [1.165, 1.54) is 0 Å². The van der Waals surface area contributed by atoms with Gasteiger partial charge in [-0.2, -0.15) is 10.2 Å². The molecule has 27 heavy (non-hydrogen) atoms. The van der Waals surface area contributed by atoms with Crippen molar-refractivity contribution in [2.75, 3.05) is 6.54 Å². The number of carbonyl (C=O) groups is 1. The van der Waals surface area contributed by atoms with Crippen LogP contribution in [0.3, 0.4) is 0 Å². The van der Waals surface area contributed by atoms with Crippen molar-refractivity contribution in [1.29, 1.82) is 0 Å². The van der Waals surface area contributed by atoms with E-state index in [-0.39, 0.29) is 5.91 Å². The lowest BCUT2D eigenvalue weighted by atomic mass is 10.1. The minimum absolute atomic E-state index is 0.105. The first kappa shape index (κ1) is 17.0. The third-order valence-electron chi connectivity index (χ3n) is 4.35. The fourth-order valence-corrected chi connectivity index (χ4v) is 3.02. The molecule has 1 amide bonds. The fraction of sp³-hybridized carbons (Fsp3) is 0.200. The maximum absolute atomic E-state index is 12.8. The minimum Gasteiger partial charge on any atom is -0.352 e. The lowest BCUT2D eigenvalue weighted by Gasteiger charge is -2.10. The predicted octanol–water partition coefficient (Wildman–Crippen LogP) is 2.65. The normalized spacial score (nSPS) is 11.0. The van der Waals surface area contributed by atoms with Crippen LogP contribution in [0.1, 0.15) is 16.8 Å². The van der Waals surface area contributed by atoms with Crippen molar-refractivity contribution < 1.29 is 4.79 Å². The van der Waals surface area contributed by atoms with E-state index in [1.807, 2.05) is 66.6 Å². The van der Waals surface area contributed by atoms with E-state index >= 15 is 0 Å². The molecule has 0 saturated heterocycles. The molecule has 0 saturated carbocycles. The Kier molecular flexibility index (Phi) is 4.65. The van der Waals surface area contributed by atoms with Gasteiger partial charge in [-0.1, -0.05) is 18.2 Å². The number of nitrogens with zero attached hydrogens (tertiary/aromatic N) is 5. The Labute approximate surface area is 156 Å². The molecule has 1 aromatic carbocycles. The number of hydrogen-bond acceptors (Lipinski definition) is 4. The lowest BCUT2D eigenvalue weighted by Crippen LogP contribution is -2.25. The summed E-state index contributed by atoms with van der Waals surface area (Å²) in [6.07, 6.45) is 6.34. The zero-order chi connectivity index (χ0) is 18.6. The second-order valence-electron chi connectivity index (χ2n) is 6.33. The number of carbonyl (C=O) groups excluding carboxylic acids is 1. The van der Waals surface area contributed by atoms with E-state index in [4.69, 9.17) is 0 Å². The number of amides is 1. The van der Waals surface area contributed by atoms with Crippen molar-refractivity contribution in [1.82, 2.24) is 29.9 Å². The zero-order valence-corrected chi connectivity index (χ0v) is 15.0. The second kappa shape index (κ2) is 7.41. The van der Waals surface area contributed by atoms with E-state index in [0.717, 1.165) is 29.6 Å². The molecule has 0 spiro atoms. The fourth-order valence-electron chi connectivity index (χ4n) is 3.02. The summed E-state index contributed by atoms with van der Waals surface area (Å²) < 4.78 is 3.58. The first-order chi connectivity index (χ1) is 13.2. The molecule has 0 aliphatic carbocycles. The van der Waals surface area contributed by atoms with Gasteiger partial charge in [-0.15, -0.1) is 0 Å². The number of aromatic nitrogens is 5. The molecule has 7 nitrogen and oxygen atoms in total. The van der Waals surface area contributed by atoms with Crippen molar-refractivity contribution in [2.45, 2.75) is 13.0 Å². The standard InChI is InChI=1S/C20H20N6O/c1-25-13-8-18(24-25)19-14-16(15-6-2-3-7-17(15)23-19)20(27)21-9-4-11-26-12-5-10-22-26/h2-3,5-8,10,12-14H,4,9,11H2,1H3,(H,21,27). The summed E-state index contributed by atoms with van der Waals surface area (Å²) in [7, 11) is 1.86. The third-order valence-corrected chi connectivity index (χ3v) is 4.35. The highest BCUT2D eigenvalue weighted by Crippen LogP contribution is 2.23. The molecule has 136 valence electrons. The van der Waals surface area contributed by atoms with Crippen molar-refractivity contribution in [3.8, 4) is 11.4 Å². The summed E-state index contributed by atoms with van der Waals surface area (Å²) in [5, 5.41) is 12.4. The van der Waals surface area contributed by atoms with Crippen molar-refractivity contribution in [3.05, 3.63) is 66.6 Å². The highest BCUT2D eigenvalue weighted by atomic mass is 16.1. The van der Waals surface area contributed by atoms with Gasteiger partial charge in [0.25, 0.3) is 5.91 Å². The molecule has 0 aliphatic heterocycles. The van der Waals surface area contributed by atoms with Crippen LogP contribution in [0, 0.1) is 0 Å². The molecule has 0 radical (unpaired) electrons. The van der Waals surface area contributed by atoms with Crippen LogP contribution in [0.25, 0.3) is 22.3 Å². The summed E-state index contributed by atoms with van der Waals surface area (Å²) in [6, 6.07) is 13.3. The Balaban J connectivity index is 1.56. The van der Waals surface area contributed by atoms with Gasteiger partial charge in [0.05, 0.1) is 16.8 Å². The largest absolute Gasteiger partial charge is 0.352 e. The summed E-state index contributed by atoms with van der Waals surface area (Å²) >= 11 is 0. The Morgan fingerprint density at radius 2 is 2.00 bits per heavy atom. The molecule has 3 aromatic heterocycles. The first-order valence-electron chi connectivity index (χ1n) is 8.86. The van der Waals surface area contributed by atoms with Crippen LogP contribution >= 0.6 is 0 Å². The SMILES string of the molecule is Cn1ccc(-c2cc(C(=O)NCCCn3cccn3)c3ccccc3n2)n1. The average Bonchev–Trinajstić information content (AvgIpc) is 3.36. The molecule has 1 N–H and O–H groups in total. The van der Waals surface area contributed by atoms with Gasteiger partial charge in [0.2, 0.25) is 0 Å². The van der Waals surface area contributed by atoms with Crippen LogP contribution in [0.2, 0.25) is 0 Å². The average molecular weight is 360 g/mol. The molecule has 0 fully saturated rings. The summed E-state index contributed by atoms with van der Waals surface area (Å²) in [4.78, 5) is 17.5. The van der Waals surface area contributed by atoms with E-state index in [1.54, 1.807) is 10.9 Å². The van der Waals surface area contributed by atoms with Gasteiger partial charge in [-0.3, -0.25) is 14.2 Å². The Morgan fingerprint density at radius 1 is 1.11 bits per heavy atom. The number of para-hydroxylation sites is 1. The van der Waals surface area contributed by atoms with E-state index in [2.05, 4.69) is 20.5 Å². The van der Waals surface area contributed by atoms with Gasteiger partial charge in [0.1, 0.15) is 5.69 Å². The maximum atomic E-state index is 12.8. The first-order valence-corrected chi connectivity index (χ1v) is 8.86. The minimum atomic E-state index is -0.105. The highest BCUT2D eigenvalue weighted by Gasteiger charge is 2.14. The number of aryl methyl sites for hydroxylation is 2. The van der Waals surface area contributed by atoms with Crippen molar-refractivity contribution in [3.63, 3.8) is 0 Å². The van der Waals surface area contributed by atoms with Gasteiger partial charge in [-0.05, 0) is 30.7 Å². The lowest BCUT2D eigenvalue weighted by molar-refractivity contribution is 0.0954. The molecular weight excluding hydrogens is 340 g/mol. The number of nitrogens with one attached hydrogen (secondary N) is 1. The van der Waals surface area contributed by atoms with Crippen LogP contribution in [0.15, 0.2) is 61.1 Å². The maximum Gasteiger partial charge on any atom is 0.252 e. The van der Waals surface area contributed by atoms with Crippen molar-refractivity contribution >= 4 is 16.8 Å². The van der Waals surface area contributed by atoms with Crippen LogP contribution in [0.5, 0.6) is 0 Å². The molecular formula is C20H20N6O. The van der Waals surface area contributed by atoms with Crippen molar-refractivity contribution in [2.24, 2.45) is 7.05 Å². The Morgan fingerprint density at radius 3 is 2.78 bits per heavy atom. The molecule has 4 aromatic rings. The topological polar surface area (TPSA) is 77.6 Å². The van der Waals surface area contributed by atoms with Crippen LogP contribution in [-0.4, -0.2) is 37.0 Å². The summed E-state index contributed by atoms with van der Waals surface area (Å²) in [5.74, 6) is -0.105. The van der Waals surface area contributed by atoms with Gasteiger partial charge in [0, 0.05) is 44.1 Å². The highest BCUT2D eigenvalue weighted by molar-refractivity contribution is 6.07. The van der Waals surface area contributed by atoms with Gasteiger partial charge >= 0.3 is 0 Å². The monoisotopic (exact) mass is 360 g/mol. The third kappa shape index (κ3) is 3.72. The quantitative estimate of drug-likeness (QED) is 0.536. The smallest absolute Gasteiger partial charge is 0.252 e. The molecule has 0 aliphatic rings. The number of rotatable bonds is 6. The van der Waals surface area contributed by atoms with Crippen LogP contribution in [0.4, 0.5) is 0 Å².